The molecule has 0 aliphatic rings. The van der Waals surface area contributed by atoms with Crippen LogP contribution in [0.2, 0.25) is 5.02 Å². The first-order valence-corrected chi connectivity index (χ1v) is 12.0. The fourth-order valence-electron chi connectivity index (χ4n) is 4.02. The molecule has 194 valence electrons. The molecule has 0 saturated carbocycles. The van der Waals surface area contributed by atoms with Crippen LogP contribution in [0.3, 0.4) is 0 Å². The van der Waals surface area contributed by atoms with E-state index < -0.39 is 5.97 Å². The van der Waals surface area contributed by atoms with Crippen molar-refractivity contribution in [2.24, 2.45) is 0 Å². The summed E-state index contributed by atoms with van der Waals surface area (Å²) in [6.07, 6.45) is 2.88. The number of nitrogens with one attached hydrogen (secondary N) is 2. The molecule has 38 heavy (non-hydrogen) atoms. The van der Waals surface area contributed by atoms with Gasteiger partial charge in [-0.15, -0.1) is 0 Å². The van der Waals surface area contributed by atoms with Crippen molar-refractivity contribution in [2.75, 3.05) is 12.4 Å². The van der Waals surface area contributed by atoms with Crippen LogP contribution in [0.25, 0.3) is 33.5 Å². The van der Waals surface area contributed by atoms with E-state index in [9.17, 15) is 9.59 Å². The Morgan fingerprint density at radius 1 is 1.16 bits per heavy atom. The molecule has 0 radical (unpaired) electrons. The molecule has 10 heteroatoms. The molecule has 0 saturated heterocycles. The van der Waals surface area contributed by atoms with Gasteiger partial charge in [0.2, 0.25) is 0 Å². The Morgan fingerprint density at radius 3 is 2.58 bits per heavy atom. The number of carboxylic acid groups (broad SMARTS) is 1. The van der Waals surface area contributed by atoms with Gasteiger partial charge in [-0.05, 0) is 24.1 Å². The van der Waals surface area contributed by atoms with Gasteiger partial charge < -0.3 is 24.7 Å². The molecule has 2 heterocycles. The Hall–Kier alpha value is -4.63. The number of carboxylic acids is 1. The highest BCUT2D eigenvalue weighted by atomic mass is 35.5. The standard InChI is InChI=1S/C19H16N4O3.C9H9ClO2/c1-20-15-9-23-26-19(15)12-4-2-11(3-5-12)14-7-6-13(8-16(24)25)17-18(14)22-10-21-17;1-7(12-6-11)8-4-2-3-5-9(8)10/h2-7,9-10,20H,8H2,1H3,(H,21,22)(H,24,25);2-7H,1H3. The fourth-order valence-corrected chi connectivity index (χ4v) is 4.31. The van der Waals surface area contributed by atoms with E-state index in [1.54, 1.807) is 25.5 Å². The highest BCUT2D eigenvalue weighted by molar-refractivity contribution is 6.31. The normalized spacial score (nSPS) is 11.3. The topological polar surface area (TPSA) is 130 Å². The number of aromatic nitrogens is 3. The summed E-state index contributed by atoms with van der Waals surface area (Å²) in [5.41, 5.74) is 6.72. The number of ether oxygens (including phenoxy) is 1. The number of hydrogen-bond donors (Lipinski definition) is 3. The largest absolute Gasteiger partial charge is 0.481 e. The minimum absolute atomic E-state index is 0.0567. The summed E-state index contributed by atoms with van der Waals surface area (Å²) >= 11 is 5.86. The van der Waals surface area contributed by atoms with Crippen LogP contribution in [0.1, 0.15) is 24.2 Å². The number of aromatic amines is 1. The van der Waals surface area contributed by atoms with Gasteiger partial charge in [-0.2, -0.15) is 0 Å². The lowest BCUT2D eigenvalue weighted by Crippen LogP contribution is -2.01. The van der Waals surface area contributed by atoms with Crippen molar-refractivity contribution in [3.63, 3.8) is 0 Å². The van der Waals surface area contributed by atoms with Crippen molar-refractivity contribution in [1.82, 2.24) is 15.1 Å². The number of carbonyl (C=O) groups excluding carboxylic acids is 1. The van der Waals surface area contributed by atoms with Crippen molar-refractivity contribution in [2.45, 2.75) is 19.4 Å². The number of aliphatic carboxylic acids is 1. The van der Waals surface area contributed by atoms with Crippen LogP contribution in [-0.4, -0.2) is 39.7 Å². The fraction of sp³-hybridized carbons (Fsp3) is 0.143. The van der Waals surface area contributed by atoms with Crippen molar-refractivity contribution in [3.8, 4) is 22.5 Å². The van der Waals surface area contributed by atoms with E-state index in [2.05, 4.69) is 20.4 Å². The monoisotopic (exact) mass is 532 g/mol. The van der Waals surface area contributed by atoms with Crippen LogP contribution < -0.4 is 5.32 Å². The molecule has 9 nitrogen and oxygen atoms in total. The summed E-state index contributed by atoms with van der Waals surface area (Å²) in [6, 6.07) is 18.9. The number of anilines is 1. The van der Waals surface area contributed by atoms with Gasteiger partial charge in [-0.25, -0.2) is 4.98 Å². The number of benzene rings is 3. The second kappa shape index (κ2) is 12.1. The van der Waals surface area contributed by atoms with Gasteiger partial charge in [0.15, 0.2) is 5.76 Å². The maximum atomic E-state index is 11.0. The lowest BCUT2D eigenvalue weighted by Gasteiger charge is -2.10. The Balaban J connectivity index is 0.000000236. The van der Waals surface area contributed by atoms with Gasteiger partial charge in [-0.1, -0.05) is 71.4 Å². The predicted molar refractivity (Wildman–Crippen MR) is 145 cm³/mol. The SMILES string of the molecule is CC(OC=O)c1ccccc1Cl.CNc1cnoc1-c1ccc(-c2ccc(CC(=O)O)c3nc[nH]c23)cc1. The first kappa shape index (κ1) is 26.4. The van der Waals surface area contributed by atoms with E-state index in [4.69, 9.17) is 26.0 Å². The zero-order chi connectivity index (χ0) is 27.1. The molecule has 0 spiro atoms. The highest BCUT2D eigenvalue weighted by Crippen LogP contribution is 2.33. The molecular weight excluding hydrogens is 508 g/mol. The molecular formula is C28H25ClN4O5. The van der Waals surface area contributed by atoms with E-state index >= 15 is 0 Å². The van der Waals surface area contributed by atoms with Gasteiger partial charge in [-0.3, -0.25) is 9.59 Å². The Bertz CT molecular complexity index is 1540. The smallest absolute Gasteiger partial charge is 0.307 e. The first-order valence-electron chi connectivity index (χ1n) is 11.7. The quantitative estimate of drug-likeness (QED) is 0.203. The summed E-state index contributed by atoms with van der Waals surface area (Å²) in [5, 5.41) is 16.5. The third-order valence-corrected chi connectivity index (χ3v) is 6.25. The maximum Gasteiger partial charge on any atom is 0.307 e. The molecule has 5 aromatic rings. The van der Waals surface area contributed by atoms with Crippen LogP contribution in [-0.2, 0) is 20.7 Å². The van der Waals surface area contributed by atoms with Crippen LogP contribution in [0.4, 0.5) is 5.69 Å². The lowest BCUT2D eigenvalue weighted by atomic mass is 9.99. The van der Waals surface area contributed by atoms with Crippen molar-refractivity contribution >= 4 is 40.8 Å². The molecule has 0 fully saturated rings. The summed E-state index contributed by atoms with van der Waals surface area (Å²) in [5.74, 6) is -0.193. The number of rotatable bonds is 8. The number of hydrogen-bond acceptors (Lipinski definition) is 7. The zero-order valence-electron chi connectivity index (χ0n) is 20.6. The highest BCUT2D eigenvalue weighted by Gasteiger charge is 2.14. The summed E-state index contributed by atoms with van der Waals surface area (Å²) in [7, 11) is 1.82. The summed E-state index contributed by atoms with van der Waals surface area (Å²) < 4.78 is 10.1. The van der Waals surface area contributed by atoms with Crippen LogP contribution >= 0.6 is 11.6 Å². The van der Waals surface area contributed by atoms with E-state index in [1.807, 2.05) is 61.6 Å². The number of nitrogens with zero attached hydrogens (tertiary/aromatic N) is 2. The first-order chi connectivity index (χ1) is 18.4. The van der Waals surface area contributed by atoms with Crippen LogP contribution in [0, 0.1) is 0 Å². The van der Waals surface area contributed by atoms with Gasteiger partial charge in [0.1, 0.15) is 11.8 Å². The van der Waals surface area contributed by atoms with E-state index in [0.29, 0.717) is 28.3 Å². The number of H-pyrrole nitrogens is 1. The molecule has 1 unspecified atom stereocenters. The Kier molecular flexibility index (Phi) is 8.40. The van der Waals surface area contributed by atoms with Gasteiger partial charge in [0.25, 0.3) is 6.47 Å². The average Bonchev–Trinajstić information content (AvgIpc) is 3.60. The van der Waals surface area contributed by atoms with Crippen LogP contribution in [0.5, 0.6) is 0 Å². The maximum absolute atomic E-state index is 11.0. The second-order valence-electron chi connectivity index (χ2n) is 8.26. The molecule has 3 N–H and O–H groups in total. The number of halogens is 1. The van der Waals surface area contributed by atoms with Crippen molar-refractivity contribution in [1.29, 1.82) is 0 Å². The Labute approximate surface area is 223 Å². The summed E-state index contributed by atoms with van der Waals surface area (Å²) in [6.45, 7) is 2.20. The third-order valence-electron chi connectivity index (χ3n) is 5.91. The molecule has 0 amide bonds. The Morgan fingerprint density at radius 2 is 1.89 bits per heavy atom. The third kappa shape index (κ3) is 5.84. The second-order valence-corrected chi connectivity index (χ2v) is 8.67. The number of imidazole rings is 1. The average molecular weight is 533 g/mol. The van der Waals surface area contributed by atoms with Crippen LogP contribution in [0.15, 0.2) is 77.7 Å². The summed E-state index contributed by atoms with van der Waals surface area (Å²) in [4.78, 5) is 28.5. The van der Waals surface area contributed by atoms with E-state index in [0.717, 1.165) is 33.5 Å². The minimum atomic E-state index is -0.876. The lowest BCUT2D eigenvalue weighted by molar-refractivity contribution is -0.136. The molecule has 0 aliphatic carbocycles. The van der Waals surface area contributed by atoms with Gasteiger partial charge >= 0.3 is 5.97 Å². The molecule has 0 bridgehead atoms. The van der Waals surface area contributed by atoms with Gasteiger partial charge in [0.05, 0.1) is 30.0 Å². The van der Waals surface area contributed by atoms with Crippen molar-refractivity contribution in [3.05, 3.63) is 89.3 Å². The number of carbonyl (C=O) groups is 2. The number of fused-ring (bicyclic) bond motifs is 1. The minimum Gasteiger partial charge on any atom is -0.481 e. The molecule has 5 rings (SSSR count). The predicted octanol–water partition coefficient (Wildman–Crippen LogP) is 6.13. The molecule has 0 aliphatic heterocycles. The van der Waals surface area contributed by atoms with E-state index in [1.165, 1.54) is 0 Å². The molecule has 3 aromatic carbocycles. The zero-order valence-corrected chi connectivity index (χ0v) is 21.4. The van der Waals surface area contributed by atoms with Gasteiger partial charge in [0, 0.05) is 28.8 Å². The van der Waals surface area contributed by atoms with E-state index in [-0.39, 0.29) is 12.5 Å². The van der Waals surface area contributed by atoms with Crippen molar-refractivity contribution < 1.29 is 24.0 Å². The molecule has 2 aromatic heterocycles. The molecule has 1 atom stereocenters.